The monoisotopic (exact) mass is 359 g/mol. The fourth-order valence-electron chi connectivity index (χ4n) is 2.31. The fourth-order valence-corrected chi connectivity index (χ4v) is 2.43. The van der Waals surface area contributed by atoms with Gasteiger partial charge in [0, 0.05) is 17.6 Å². The van der Waals surface area contributed by atoms with Crippen LogP contribution in [0, 0.1) is 13.8 Å². The maximum atomic E-state index is 12.6. The number of hydrogen-bond acceptors (Lipinski definition) is 3. The van der Waals surface area contributed by atoms with Crippen LogP contribution >= 0.6 is 11.6 Å². The summed E-state index contributed by atoms with van der Waals surface area (Å²) in [6.07, 6.45) is 0. The van der Waals surface area contributed by atoms with Crippen molar-refractivity contribution >= 4 is 23.3 Å². The third kappa shape index (κ3) is 4.83. The molecule has 0 aliphatic heterocycles. The quantitative estimate of drug-likeness (QED) is 0.730. The zero-order valence-corrected chi connectivity index (χ0v) is 15.6. The van der Waals surface area contributed by atoms with E-state index in [1.807, 2.05) is 26.0 Å². The average Bonchev–Trinajstić information content (AvgIpc) is 2.61. The number of amides is 1. The first-order chi connectivity index (χ1) is 11.8. The van der Waals surface area contributed by atoms with Gasteiger partial charge in [-0.25, -0.2) is 0 Å². The number of carbonyl (C=O) groups is 2. The van der Waals surface area contributed by atoms with Crippen LogP contribution in [0.2, 0.25) is 5.02 Å². The topological polar surface area (TPSA) is 46.6 Å². The molecule has 1 amide bonds. The number of aryl methyl sites for hydroxylation is 2. The van der Waals surface area contributed by atoms with E-state index in [1.165, 1.54) is 4.90 Å². The summed E-state index contributed by atoms with van der Waals surface area (Å²) >= 11 is 5.81. The lowest BCUT2D eigenvalue weighted by atomic mass is 10.00. The van der Waals surface area contributed by atoms with Gasteiger partial charge in [-0.05, 0) is 62.2 Å². The summed E-state index contributed by atoms with van der Waals surface area (Å²) in [6.45, 7) is 5.54. The standard InChI is InChI=1S/C20H22ClNO3/c1-13-5-6-16(11-14(13)2)20(24)15(3)22(4)19(23)12-25-18-9-7-17(21)8-10-18/h5-11,15H,12H2,1-4H3. The number of benzene rings is 2. The number of hydrogen-bond donors (Lipinski definition) is 0. The van der Waals surface area contributed by atoms with E-state index in [0.717, 1.165) is 11.1 Å². The Hall–Kier alpha value is -2.33. The Kier molecular flexibility index (Phi) is 6.21. The molecule has 25 heavy (non-hydrogen) atoms. The van der Waals surface area contributed by atoms with Crippen LogP contribution in [-0.2, 0) is 4.79 Å². The second-order valence-corrected chi connectivity index (χ2v) is 6.52. The largest absolute Gasteiger partial charge is 0.484 e. The zero-order chi connectivity index (χ0) is 18.6. The average molecular weight is 360 g/mol. The van der Waals surface area contributed by atoms with Crippen molar-refractivity contribution in [2.75, 3.05) is 13.7 Å². The Labute approximate surface area is 153 Å². The van der Waals surface area contributed by atoms with Crippen molar-refractivity contribution < 1.29 is 14.3 Å². The van der Waals surface area contributed by atoms with Crippen LogP contribution < -0.4 is 4.74 Å². The lowest BCUT2D eigenvalue weighted by molar-refractivity contribution is -0.133. The molecule has 0 radical (unpaired) electrons. The van der Waals surface area contributed by atoms with Crippen LogP contribution in [0.15, 0.2) is 42.5 Å². The summed E-state index contributed by atoms with van der Waals surface area (Å²) in [5.74, 6) is 0.198. The molecule has 4 nitrogen and oxygen atoms in total. The second kappa shape index (κ2) is 8.17. The Morgan fingerprint density at radius 3 is 2.32 bits per heavy atom. The molecule has 1 unspecified atom stereocenters. The van der Waals surface area contributed by atoms with Crippen LogP contribution in [0.1, 0.15) is 28.4 Å². The Balaban J connectivity index is 1.98. The van der Waals surface area contributed by atoms with Crippen LogP contribution in [-0.4, -0.2) is 36.3 Å². The molecule has 0 bridgehead atoms. The lowest BCUT2D eigenvalue weighted by Crippen LogP contribution is -2.42. The number of carbonyl (C=O) groups excluding carboxylic acids is 2. The van der Waals surface area contributed by atoms with Crippen LogP contribution in [0.5, 0.6) is 5.75 Å². The molecule has 0 fully saturated rings. The zero-order valence-electron chi connectivity index (χ0n) is 14.9. The normalized spacial score (nSPS) is 11.7. The number of likely N-dealkylation sites (N-methyl/N-ethyl adjacent to an activating group) is 1. The molecule has 2 aromatic carbocycles. The van der Waals surface area contributed by atoms with Crippen LogP contribution in [0.25, 0.3) is 0 Å². The van der Waals surface area contributed by atoms with Gasteiger partial charge >= 0.3 is 0 Å². The van der Waals surface area contributed by atoms with E-state index in [-0.39, 0.29) is 18.3 Å². The molecule has 0 N–H and O–H groups in total. The maximum Gasteiger partial charge on any atom is 0.260 e. The van der Waals surface area contributed by atoms with Gasteiger partial charge in [-0.3, -0.25) is 9.59 Å². The van der Waals surface area contributed by atoms with Gasteiger partial charge in [-0.15, -0.1) is 0 Å². The van der Waals surface area contributed by atoms with E-state index >= 15 is 0 Å². The Bertz CT molecular complexity index is 771. The van der Waals surface area contributed by atoms with Gasteiger partial charge < -0.3 is 9.64 Å². The van der Waals surface area contributed by atoms with Crippen LogP contribution in [0.3, 0.4) is 0 Å². The van der Waals surface area contributed by atoms with Gasteiger partial charge in [0.25, 0.3) is 5.91 Å². The van der Waals surface area contributed by atoms with Crippen molar-refractivity contribution in [3.05, 3.63) is 64.2 Å². The van der Waals surface area contributed by atoms with Gasteiger partial charge in [-0.1, -0.05) is 23.7 Å². The van der Waals surface area contributed by atoms with E-state index in [0.29, 0.717) is 16.3 Å². The summed E-state index contributed by atoms with van der Waals surface area (Å²) in [4.78, 5) is 26.3. The minimum absolute atomic E-state index is 0.0922. The highest BCUT2D eigenvalue weighted by Gasteiger charge is 2.24. The Morgan fingerprint density at radius 1 is 1.08 bits per heavy atom. The summed E-state index contributed by atoms with van der Waals surface area (Å²) in [5, 5.41) is 0.600. The van der Waals surface area contributed by atoms with Crippen LogP contribution in [0.4, 0.5) is 0 Å². The number of rotatable bonds is 6. The summed E-state index contributed by atoms with van der Waals surface area (Å²) in [7, 11) is 1.61. The highest BCUT2D eigenvalue weighted by atomic mass is 35.5. The second-order valence-electron chi connectivity index (χ2n) is 6.09. The fraction of sp³-hybridized carbons (Fsp3) is 0.300. The number of ether oxygens (including phenoxy) is 1. The SMILES string of the molecule is Cc1ccc(C(=O)C(C)N(C)C(=O)COc2ccc(Cl)cc2)cc1C. The van der Waals surface area contributed by atoms with Gasteiger partial charge in [0.05, 0.1) is 6.04 Å². The highest BCUT2D eigenvalue weighted by Crippen LogP contribution is 2.16. The molecule has 0 heterocycles. The van der Waals surface area contributed by atoms with Gasteiger partial charge in [0.1, 0.15) is 5.75 Å². The van der Waals surface area contributed by atoms with E-state index in [1.54, 1.807) is 44.3 Å². The van der Waals surface area contributed by atoms with Crippen molar-refractivity contribution in [1.82, 2.24) is 4.90 Å². The smallest absolute Gasteiger partial charge is 0.260 e. The molecule has 5 heteroatoms. The van der Waals surface area contributed by atoms with E-state index in [4.69, 9.17) is 16.3 Å². The van der Waals surface area contributed by atoms with Crippen molar-refractivity contribution in [1.29, 1.82) is 0 Å². The molecule has 132 valence electrons. The van der Waals surface area contributed by atoms with Crippen molar-refractivity contribution in [2.45, 2.75) is 26.8 Å². The minimum atomic E-state index is -0.566. The Morgan fingerprint density at radius 2 is 1.72 bits per heavy atom. The first-order valence-corrected chi connectivity index (χ1v) is 8.43. The molecule has 2 aromatic rings. The van der Waals surface area contributed by atoms with E-state index in [2.05, 4.69) is 0 Å². The van der Waals surface area contributed by atoms with Crippen molar-refractivity contribution in [2.24, 2.45) is 0 Å². The van der Waals surface area contributed by atoms with Gasteiger partial charge in [-0.2, -0.15) is 0 Å². The molecule has 0 saturated carbocycles. The third-order valence-corrected chi connectivity index (χ3v) is 4.57. The van der Waals surface area contributed by atoms with Gasteiger partial charge in [0.2, 0.25) is 0 Å². The summed E-state index contributed by atoms with van der Waals surface area (Å²) < 4.78 is 5.45. The summed E-state index contributed by atoms with van der Waals surface area (Å²) in [6, 6.07) is 11.8. The molecule has 2 rings (SSSR count). The molecular weight excluding hydrogens is 338 g/mol. The molecule has 0 aliphatic carbocycles. The third-order valence-electron chi connectivity index (χ3n) is 4.32. The predicted molar refractivity (Wildman–Crippen MR) is 99.4 cm³/mol. The number of halogens is 1. The van der Waals surface area contributed by atoms with E-state index in [9.17, 15) is 9.59 Å². The number of Topliss-reactive ketones (excluding diaryl/α,β-unsaturated/α-hetero) is 1. The summed E-state index contributed by atoms with van der Waals surface area (Å²) in [5.41, 5.74) is 2.79. The first-order valence-electron chi connectivity index (χ1n) is 8.05. The molecule has 0 spiro atoms. The van der Waals surface area contributed by atoms with E-state index < -0.39 is 6.04 Å². The minimum Gasteiger partial charge on any atom is -0.484 e. The molecule has 0 saturated heterocycles. The molecule has 1 atom stereocenters. The predicted octanol–water partition coefficient (Wildman–Crippen LogP) is 4.07. The van der Waals surface area contributed by atoms with Crippen molar-refractivity contribution in [3.8, 4) is 5.75 Å². The number of ketones is 1. The van der Waals surface area contributed by atoms with Gasteiger partial charge in [0.15, 0.2) is 12.4 Å². The molecule has 0 aromatic heterocycles. The molecule has 0 aliphatic rings. The number of nitrogens with zero attached hydrogens (tertiary/aromatic N) is 1. The highest BCUT2D eigenvalue weighted by molar-refractivity contribution is 6.30. The first kappa shape index (κ1) is 19.0. The van der Waals surface area contributed by atoms with Crippen molar-refractivity contribution in [3.63, 3.8) is 0 Å². The lowest BCUT2D eigenvalue weighted by Gasteiger charge is -2.24. The maximum absolute atomic E-state index is 12.6. The molecular formula is C20H22ClNO3.